The molecule has 1 aliphatic rings. The predicted molar refractivity (Wildman–Crippen MR) is 141 cm³/mol. The van der Waals surface area contributed by atoms with Crippen LogP contribution in [0.15, 0.2) is 73.3 Å². The monoisotopic (exact) mass is 530 g/mol. The molecule has 39 heavy (non-hydrogen) atoms. The number of rotatable bonds is 8. The smallest absolute Gasteiger partial charge is 0.177 e. The fourth-order valence-electron chi connectivity index (χ4n) is 5.04. The van der Waals surface area contributed by atoms with Gasteiger partial charge < -0.3 is 14.6 Å². The van der Waals surface area contributed by atoms with Crippen molar-refractivity contribution in [3.8, 4) is 6.07 Å². The van der Waals surface area contributed by atoms with E-state index < -0.39 is 29.4 Å². The first-order valence-corrected chi connectivity index (χ1v) is 12.7. The molecule has 1 saturated heterocycles. The van der Waals surface area contributed by atoms with Crippen LogP contribution in [0.5, 0.6) is 0 Å². The molecule has 1 aromatic heterocycles. The lowest BCUT2D eigenvalue weighted by Gasteiger charge is -2.38. The van der Waals surface area contributed by atoms with Gasteiger partial charge in [0.1, 0.15) is 29.9 Å². The molecule has 1 fully saturated rings. The Kier molecular flexibility index (Phi) is 7.79. The molecule has 1 aliphatic heterocycles. The molecule has 200 valence electrons. The van der Waals surface area contributed by atoms with Gasteiger partial charge in [-0.15, -0.1) is 0 Å². The van der Waals surface area contributed by atoms with Crippen LogP contribution in [-0.4, -0.2) is 39.4 Å². The van der Waals surface area contributed by atoms with Gasteiger partial charge in [-0.1, -0.05) is 37.3 Å². The van der Waals surface area contributed by atoms with Crippen LogP contribution in [0.4, 0.5) is 8.78 Å². The summed E-state index contributed by atoms with van der Waals surface area (Å²) >= 11 is 0. The summed E-state index contributed by atoms with van der Waals surface area (Å²) in [6.45, 7) is 2.59. The van der Waals surface area contributed by atoms with Gasteiger partial charge in [-0.05, 0) is 59.0 Å². The Balaban J connectivity index is 1.23. The summed E-state index contributed by atoms with van der Waals surface area (Å²) in [5.41, 5.74) is -0.0516. The second-order valence-electron chi connectivity index (χ2n) is 9.97. The van der Waals surface area contributed by atoms with E-state index in [0.29, 0.717) is 25.2 Å². The molecule has 0 radical (unpaired) electrons. The number of benzene rings is 3. The maximum atomic E-state index is 14.8. The summed E-state index contributed by atoms with van der Waals surface area (Å²) < 4.78 is 41.7. The summed E-state index contributed by atoms with van der Waals surface area (Å²) in [4.78, 5) is 3.91. The highest BCUT2D eigenvalue weighted by Gasteiger charge is 2.40. The number of hydrogen-bond donors (Lipinski definition) is 1. The number of nitrogens with zero attached hydrogens (tertiary/aromatic N) is 4. The zero-order chi connectivity index (χ0) is 27.4. The number of aromatic nitrogens is 3. The molecule has 2 atom stereocenters. The molecule has 0 aliphatic carbocycles. The predicted octanol–water partition coefficient (Wildman–Crippen LogP) is 5.20. The standard InChI is InChI=1S/C30H28F2N4O3/c1-20(30(37,17-36-19-34-18-35-36)27-8-7-26(31)13-28(27)32)10-23-15-38-29(39-16-23)9-4-21-2-5-25-12-22(14-33)3-6-24(25)11-21/h2-9,11-13,18-20,23,29,37H,10,15-17H2,1H3. The van der Waals surface area contributed by atoms with E-state index in [1.807, 2.05) is 49.4 Å². The largest absolute Gasteiger partial charge is 0.383 e. The fraction of sp³-hybridized carbons (Fsp3) is 0.300. The van der Waals surface area contributed by atoms with Gasteiger partial charge in [0.2, 0.25) is 0 Å². The van der Waals surface area contributed by atoms with Crippen LogP contribution in [0.3, 0.4) is 0 Å². The maximum Gasteiger partial charge on any atom is 0.177 e. The van der Waals surface area contributed by atoms with Crippen molar-refractivity contribution in [3.05, 3.63) is 102 Å². The van der Waals surface area contributed by atoms with E-state index in [1.54, 1.807) is 6.07 Å². The van der Waals surface area contributed by atoms with Gasteiger partial charge in [-0.2, -0.15) is 10.4 Å². The highest BCUT2D eigenvalue weighted by molar-refractivity contribution is 5.85. The fourth-order valence-corrected chi connectivity index (χ4v) is 5.04. The highest BCUT2D eigenvalue weighted by Crippen LogP contribution is 2.37. The van der Waals surface area contributed by atoms with Gasteiger partial charge >= 0.3 is 0 Å². The molecule has 1 N–H and O–H groups in total. The highest BCUT2D eigenvalue weighted by atomic mass is 19.1. The van der Waals surface area contributed by atoms with Crippen LogP contribution >= 0.6 is 0 Å². The first-order valence-electron chi connectivity index (χ1n) is 12.7. The molecule has 0 amide bonds. The second kappa shape index (κ2) is 11.4. The molecule has 5 rings (SSSR count). The van der Waals surface area contributed by atoms with Crippen molar-refractivity contribution >= 4 is 16.8 Å². The number of halogens is 2. The minimum Gasteiger partial charge on any atom is -0.383 e. The minimum absolute atomic E-state index is 0.00425. The molecule has 0 spiro atoms. The van der Waals surface area contributed by atoms with Gasteiger partial charge in [0, 0.05) is 17.5 Å². The average molecular weight is 531 g/mol. The van der Waals surface area contributed by atoms with Crippen molar-refractivity contribution in [1.29, 1.82) is 5.26 Å². The normalized spacial score (nSPS) is 20.1. The van der Waals surface area contributed by atoms with Crippen LogP contribution in [0.1, 0.15) is 30.0 Å². The van der Waals surface area contributed by atoms with E-state index in [4.69, 9.17) is 14.7 Å². The molecule has 4 aromatic rings. The number of ether oxygens (including phenoxy) is 2. The summed E-state index contributed by atoms with van der Waals surface area (Å²) in [7, 11) is 0. The van der Waals surface area contributed by atoms with E-state index in [1.165, 1.54) is 23.4 Å². The first-order chi connectivity index (χ1) is 18.8. The van der Waals surface area contributed by atoms with E-state index in [0.717, 1.165) is 28.5 Å². The summed E-state index contributed by atoms with van der Waals surface area (Å²) in [6, 6.07) is 16.9. The van der Waals surface area contributed by atoms with Crippen molar-refractivity contribution in [2.45, 2.75) is 31.8 Å². The van der Waals surface area contributed by atoms with Crippen molar-refractivity contribution in [2.75, 3.05) is 13.2 Å². The van der Waals surface area contributed by atoms with Crippen LogP contribution < -0.4 is 0 Å². The number of nitriles is 1. The summed E-state index contributed by atoms with van der Waals surface area (Å²) in [5.74, 6) is -2.00. The van der Waals surface area contributed by atoms with E-state index in [2.05, 4.69) is 16.2 Å². The number of aliphatic hydroxyl groups is 1. The van der Waals surface area contributed by atoms with Crippen molar-refractivity contribution in [2.24, 2.45) is 11.8 Å². The molecule has 7 nitrogen and oxygen atoms in total. The van der Waals surface area contributed by atoms with Crippen molar-refractivity contribution < 1.29 is 23.4 Å². The Morgan fingerprint density at radius 3 is 2.62 bits per heavy atom. The summed E-state index contributed by atoms with van der Waals surface area (Å²) in [6.07, 6.45) is 6.52. The molecular formula is C30H28F2N4O3. The maximum absolute atomic E-state index is 14.8. The topological polar surface area (TPSA) is 93.2 Å². The van der Waals surface area contributed by atoms with E-state index in [-0.39, 0.29) is 18.0 Å². The zero-order valence-electron chi connectivity index (χ0n) is 21.4. The lowest BCUT2D eigenvalue weighted by molar-refractivity contribution is -0.180. The Morgan fingerprint density at radius 2 is 1.90 bits per heavy atom. The van der Waals surface area contributed by atoms with E-state index >= 15 is 0 Å². The summed E-state index contributed by atoms with van der Waals surface area (Å²) in [5, 5.41) is 26.9. The molecule has 9 heteroatoms. The van der Waals surface area contributed by atoms with Crippen molar-refractivity contribution in [3.63, 3.8) is 0 Å². The Hall–Kier alpha value is -3.97. The Labute approximate surface area is 224 Å². The lowest BCUT2D eigenvalue weighted by atomic mass is 9.77. The quantitative estimate of drug-likeness (QED) is 0.337. The Morgan fingerprint density at radius 1 is 1.13 bits per heavy atom. The molecule has 0 bridgehead atoms. The lowest BCUT2D eigenvalue weighted by Crippen LogP contribution is -2.42. The van der Waals surface area contributed by atoms with Crippen LogP contribution in [0.2, 0.25) is 0 Å². The van der Waals surface area contributed by atoms with Crippen molar-refractivity contribution in [1.82, 2.24) is 14.8 Å². The van der Waals surface area contributed by atoms with Gasteiger partial charge in [0.25, 0.3) is 0 Å². The first kappa shape index (κ1) is 26.6. The zero-order valence-corrected chi connectivity index (χ0v) is 21.4. The van der Waals surface area contributed by atoms with Gasteiger partial charge in [0.05, 0.1) is 31.4 Å². The number of hydrogen-bond acceptors (Lipinski definition) is 6. The van der Waals surface area contributed by atoms with Gasteiger partial charge in [0.15, 0.2) is 6.29 Å². The van der Waals surface area contributed by atoms with Crippen LogP contribution in [0, 0.1) is 34.8 Å². The second-order valence-corrected chi connectivity index (χ2v) is 9.97. The Bertz CT molecular complexity index is 1510. The molecular weight excluding hydrogens is 502 g/mol. The SMILES string of the molecule is CC(CC1COC(C=Cc2ccc3cc(C#N)ccc3c2)OC1)C(O)(Cn1cncn1)c1ccc(F)cc1F. The minimum atomic E-state index is -1.66. The molecule has 2 unspecified atom stereocenters. The van der Waals surface area contributed by atoms with Gasteiger partial charge in [-0.25, -0.2) is 18.4 Å². The number of fused-ring (bicyclic) bond motifs is 1. The van der Waals surface area contributed by atoms with Crippen LogP contribution in [0.25, 0.3) is 16.8 Å². The van der Waals surface area contributed by atoms with Crippen LogP contribution in [-0.2, 0) is 21.6 Å². The molecule has 0 saturated carbocycles. The third-order valence-electron chi connectivity index (χ3n) is 7.20. The average Bonchev–Trinajstić information content (AvgIpc) is 3.45. The van der Waals surface area contributed by atoms with E-state index in [9.17, 15) is 13.9 Å². The third-order valence-corrected chi connectivity index (χ3v) is 7.20. The molecule has 3 aromatic carbocycles. The third kappa shape index (κ3) is 6.04. The van der Waals surface area contributed by atoms with Gasteiger partial charge in [-0.3, -0.25) is 0 Å². The molecule has 2 heterocycles.